The first-order valence-corrected chi connectivity index (χ1v) is 5.13. The lowest BCUT2D eigenvalue weighted by atomic mass is 10.2. The smallest absolute Gasteiger partial charge is 0.216 e. The maximum atomic E-state index is 10.5. The minimum absolute atomic E-state index is 0.0373. The van der Waals surface area contributed by atoms with Gasteiger partial charge in [0.1, 0.15) is 0 Å². The molecule has 0 bridgehead atoms. The highest BCUT2D eigenvalue weighted by Crippen LogP contribution is 2.02. The average Bonchev–Trinajstić information content (AvgIpc) is 2.55. The second-order valence-corrected chi connectivity index (χ2v) is 3.45. The van der Waals surface area contributed by atoms with E-state index in [1.54, 1.807) is 0 Å². The van der Waals surface area contributed by atoms with Gasteiger partial charge < -0.3 is 5.32 Å². The molecule has 0 aromatic carbocycles. The standard InChI is InChI=1S/C8H13N3OS/c1-7(12)9-5-3-2-4-8-6-13-11-10-8/h6H,2-5H2,1H3,(H,9,12). The number of nitrogens with one attached hydrogen (secondary N) is 1. The van der Waals surface area contributed by atoms with Gasteiger partial charge in [-0.05, 0) is 30.8 Å². The minimum atomic E-state index is 0.0373. The van der Waals surface area contributed by atoms with Crippen LogP contribution in [0.15, 0.2) is 5.38 Å². The predicted octanol–water partition coefficient (Wildman–Crippen LogP) is 0.997. The molecule has 1 aromatic heterocycles. The van der Waals surface area contributed by atoms with Crippen molar-refractivity contribution in [3.05, 3.63) is 11.1 Å². The largest absolute Gasteiger partial charge is 0.356 e. The molecular formula is C8H13N3OS. The number of nitrogens with zero attached hydrogens (tertiary/aromatic N) is 2. The Kier molecular flexibility index (Phi) is 4.39. The van der Waals surface area contributed by atoms with E-state index in [9.17, 15) is 4.79 Å². The summed E-state index contributed by atoms with van der Waals surface area (Å²) in [7, 11) is 0. The van der Waals surface area contributed by atoms with Crippen LogP contribution in [0.25, 0.3) is 0 Å². The Balaban J connectivity index is 1.99. The minimum Gasteiger partial charge on any atom is -0.356 e. The number of hydrogen-bond acceptors (Lipinski definition) is 4. The van der Waals surface area contributed by atoms with Crippen molar-refractivity contribution >= 4 is 17.4 Å². The van der Waals surface area contributed by atoms with Crippen LogP contribution in [0.4, 0.5) is 0 Å². The summed E-state index contributed by atoms with van der Waals surface area (Å²) in [6.07, 6.45) is 3.00. The Morgan fingerprint density at radius 1 is 1.62 bits per heavy atom. The number of hydrogen-bond donors (Lipinski definition) is 1. The fraction of sp³-hybridized carbons (Fsp3) is 0.625. The Labute approximate surface area is 81.5 Å². The highest BCUT2D eigenvalue weighted by molar-refractivity contribution is 7.03. The van der Waals surface area contributed by atoms with E-state index in [1.165, 1.54) is 18.5 Å². The fourth-order valence-electron chi connectivity index (χ4n) is 0.988. The Morgan fingerprint density at radius 3 is 3.08 bits per heavy atom. The zero-order valence-electron chi connectivity index (χ0n) is 7.62. The highest BCUT2D eigenvalue weighted by Gasteiger charge is 1.96. The second-order valence-electron chi connectivity index (χ2n) is 2.84. The van der Waals surface area contributed by atoms with Gasteiger partial charge in [0.25, 0.3) is 0 Å². The number of aromatic nitrogens is 2. The summed E-state index contributed by atoms with van der Waals surface area (Å²) < 4.78 is 3.77. The van der Waals surface area contributed by atoms with E-state index in [0.29, 0.717) is 0 Å². The predicted molar refractivity (Wildman–Crippen MR) is 51.5 cm³/mol. The van der Waals surface area contributed by atoms with Crippen LogP contribution in [-0.2, 0) is 11.2 Å². The number of carbonyl (C=O) groups excluding carboxylic acids is 1. The van der Waals surface area contributed by atoms with Crippen LogP contribution in [-0.4, -0.2) is 22.0 Å². The third-order valence-electron chi connectivity index (χ3n) is 1.64. The van der Waals surface area contributed by atoms with Crippen molar-refractivity contribution in [2.45, 2.75) is 26.2 Å². The Hall–Kier alpha value is -0.970. The Bertz CT molecular complexity index is 248. The second kappa shape index (κ2) is 5.64. The first kappa shape index (κ1) is 10.1. The summed E-state index contributed by atoms with van der Waals surface area (Å²) in [5.41, 5.74) is 1.05. The summed E-state index contributed by atoms with van der Waals surface area (Å²) in [5, 5.41) is 8.64. The van der Waals surface area contributed by atoms with E-state index < -0.39 is 0 Å². The molecule has 1 N–H and O–H groups in total. The molecule has 0 unspecified atom stereocenters. The van der Waals surface area contributed by atoms with Gasteiger partial charge in [-0.2, -0.15) is 0 Å². The van der Waals surface area contributed by atoms with Gasteiger partial charge in [-0.1, -0.05) is 4.49 Å². The molecular weight excluding hydrogens is 186 g/mol. The van der Waals surface area contributed by atoms with Crippen LogP contribution >= 0.6 is 11.5 Å². The van der Waals surface area contributed by atoms with Crippen LogP contribution in [0.2, 0.25) is 0 Å². The number of carbonyl (C=O) groups is 1. The molecule has 0 saturated heterocycles. The highest BCUT2D eigenvalue weighted by atomic mass is 32.1. The molecule has 0 aliphatic carbocycles. The van der Waals surface area contributed by atoms with E-state index in [0.717, 1.165) is 31.5 Å². The maximum absolute atomic E-state index is 10.5. The van der Waals surface area contributed by atoms with E-state index in [4.69, 9.17) is 0 Å². The van der Waals surface area contributed by atoms with Gasteiger partial charge >= 0.3 is 0 Å². The quantitative estimate of drug-likeness (QED) is 0.720. The average molecular weight is 199 g/mol. The van der Waals surface area contributed by atoms with E-state index >= 15 is 0 Å². The van der Waals surface area contributed by atoms with Crippen molar-refractivity contribution < 1.29 is 4.79 Å². The van der Waals surface area contributed by atoms with Gasteiger partial charge in [-0.15, -0.1) is 5.10 Å². The molecule has 72 valence electrons. The van der Waals surface area contributed by atoms with Crippen LogP contribution < -0.4 is 5.32 Å². The molecule has 0 saturated carbocycles. The normalized spacial score (nSPS) is 9.92. The number of unbranched alkanes of at least 4 members (excludes halogenated alkanes) is 1. The third-order valence-corrected chi connectivity index (χ3v) is 2.19. The molecule has 1 aromatic rings. The summed E-state index contributed by atoms with van der Waals surface area (Å²) >= 11 is 1.38. The number of aryl methyl sites for hydroxylation is 1. The summed E-state index contributed by atoms with van der Waals surface area (Å²) in [6.45, 7) is 2.29. The van der Waals surface area contributed by atoms with E-state index in [-0.39, 0.29) is 5.91 Å². The van der Waals surface area contributed by atoms with Gasteiger partial charge in [-0.3, -0.25) is 4.79 Å². The van der Waals surface area contributed by atoms with Crippen molar-refractivity contribution in [1.82, 2.24) is 14.9 Å². The van der Waals surface area contributed by atoms with Gasteiger partial charge in [-0.25, -0.2) is 0 Å². The van der Waals surface area contributed by atoms with Gasteiger partial charge in [0.2, 0.25) is 5.91 Å². The van der Waals surface area contributed by atoms with Gasteiger partial charge in [0.05, 0.1) is 5.69 Å². The number of amides is 1. The molecule has 1 rings (SSSR count). The van der Waals surface area contributed by atoms with Crippen molar-refractivity contribution in [2.75, 3.05) is 6.54 Å². The van der Waals surface area contributed by atoms with Crippen molar-refractivity contribution in [2.24, 2.45) is 0 Å². The molecule has 1 amide bonds. The van der Waals surface area contributed by atoms with Crippen LogP contribution in [0.5, 0.6) is 0 Å². The summed E-state index contributed by atoms with van der Waals surface area (Å²) in [4.78, 5) is 10.5. The molecule has 0 radical (unpaired) electrons. The van der Waals surface area contributed by atoms with Gasteiger partial charge in [0, 0.05) is 18.8 Å². The molecule has 0 fully saturated rings. The lowest BCUT2D eigenvalue weighted by Crippen LogP contribution is -2.20. The summed E-state index contributed by atoms with van der Waals surface area (Å²) in [5.74, 6) is 0.0373. The molecule has 0 spiro atoms. The molecule has 5 heteroatoms. The molecule has 0 aliphatic heterocycles. The van der Waals surface area contributed by atoms with Crippen molar-refractivity contribution in [3.63, 3.8) is 0 Å². The van der Waals surface area contributed by atoms with Crippen LogP contribution in [0, 0.1) is 0 Å². The van der Waals surface area contributed by atoms with Crippen molar-refractivity contribution in [1.29, 1.82) is 0 Å². The maximum Gasteiger partial charge on any atom is 0.216 e. The van der Waals surface area contributed by atoms with Crippen LogP contribution in [0.1, 0.15) is 25.5 Å². The van der Waals surface area contributed by atoms with E-state index in [1.807, 2.05) is 5.38 Å². The zero-order chi connectivity index (χ0) is 9.52. The van der Waals surface area contributed by atoms with Gasteiger partial charge in [0.15, 0.2) is 0 Å². The molecule has 0 atom stereocenters. The fourth-order valence-corrected chi connectivity index (χ4v) is 1.47. The SMILES string of the molecule is CC(=O)NCCCCc1csnn1. The molecule has 13 heavy (non-hydrogen) atoms. The molecule has 4 nitrogen and oxygen atoms in total. The van der Waals surface area contributed by atoms with Crippen molar-refractivity contribution in [3.8, 4) is 0 Å². The van der Waals surface area contributed by atoms with Crippen LogP contribution in [0.3, 0.4) is 0 Å². The first-order chi connectivity index (χ1) is 6.29. The zero-order valence-corrected chi connectivity index (χ0v) is 8.43. The topological polar surface area (TPSA) is 54.9 Å². The number of rotatable bonds is 5. The monoisotopic (exact) mass is 199 g/mol. The summed E-state index contributed by atoms with van der Waals surface area (Å²) in [6, 6.07) is 0. The molecule has 0 aliphatic rings. The Morgan fingerprint density at radius 2 is 2.46 bits per heavy atom. The lowest BCUT2D eigenvalue weighted by molar-refractivity contribution is -0.118. The third kappa shape index (κ3) is 4.57. The molecule has 1 heterocycles. The first-order valence-electron chi connectivity index (χ1n) is 4.29. The lowest BCUT2D eigenvalue weighted by Gasteiger charge is -1.99. The van der Waals surface area contributed by atoms with E-state index in [2.05, 4.69) is 14.9 Å².